The zero-order valence-corrected chi connectivity index (χ0v) is 19.4. The van der Waals surface area contributed by atoms with Gasteiger partial charge in [-0.05, 0) is 58.1 Å². The van der Waals surface area contributed by atoms with E-state index in [1.54, 1.807) is 36.2 Å². The second-order valence-electron chi connectivity index (χ2n) is 9.62. The fourth-order valence-corrected chi connectivity index (χ4v) is 4.23. The maximum atomic E-state index is 12.7. The van der Waals surface area contributed by atoms with E-state index in [4.69, 9.17) is 4.74 Å². The Labute approximate surface area is 189 Å². The number of likely N-dealkylation sites (tertiary alicyclic amines) is 1. The number of carbonyl (C=O) groups is 4. The zero-order chi connectivity index (χ0) is 23.5. The summed E-state index contributed by atoms with van der Waals surface area (Å²) in [5.74, 6) is -0.366. The number of carbonyl (C=O) groups excluding carboxylic acids is 4. The molecular formula is C24H33N3O5. The molecule has 1 aromatic rings. The summed E-state index contributed by atoms with van der Waals surface area (Å²) >= 11 is 0. The summed E-state index contributed by atoms with van der Waals surface area (Å²) in [6.07, 6.45) is 2.19. The van der Waals surface area contributed by atoms with Crippen molar-refractivity contribution in [2.45, 2.75) is 52.1 Å². The van der Waals surface area contributed by atoms with Crippen LogP contribution >= 0.6 is 0 Å². The molecule has 0 radical (unpaired) electrons. The first-order valence-electron chi connectivity index (χ1n) is 11.2. The van der Waals surface area contributed by atoms with Crippen LogP contribution in [0.15, 0.2) is 24.3 Å². The fourth-order valence-electron chi connectivity index (χ4n) is 4.23. The Bertz CT molecular complexity index is 857. The second kappa shape index (κ2) is 9.71. The summed E-state index contributed by atoms with van der Waals surface area (Å²) in [5.41, 5.74) is 0.313. The molecule has 1 fully saturated rings. The summed E-state index contributed by atoms with van der Waals surface area (Å²) in [6, 6.07) is 6.79. The van der Waals surface area contributed by atoms with Crippen LogP contribution in [-0.2, 0) is 9.53 Å². The van der Waals surface area contributed by atoms with Crippen LogP contribution in [0, 0.1) is 5.92 Å². The van der Waals surface area contributed by atoms with Gasteiger partial charge < -0.3 is 14.5 Å². The molecule has 0 saturated carbocycles. The Balaban J connectivity index is 1.45. The first kappa shape index (κ1) is 23.8. The smallest absolute Gasteiger partial charge is 0.410 e. The molecule has 8 heteroatoms. The number of hydrogen-bond donors (Lipinski definition) is 0. The third-order valence-corrected chi connectivity index (χ3v) is 5.76. The van der Waals surface area contributed by atoms with Gasteiger partial charge in [0.2, 0.25) is 5.91 Å². The van der Waals surface area contributed by atoms with Crippen molar-refractivity contribution in [3.63, 3.8) is 0 Å². The van der Waals surface area contributed by atoms with Crippen LogP contribution in [0.2, 0.25) is 0 Å². The van der Waals surface area contributed by atoms with Crippen molar-refractivity contribution in [2.24, 2.45) is 5.92 Å². The van der Waals surface area contributed by atoms with Crippen LogP contribution in [0.25, 0.3) is 0 Å². The topological polar surface area (TPSA) is 87.2 Å². The Hall–Kier alpha value is -2.90. The van der Waals surface area contributed by atoms with E-state index < -0.39 is 5.60 Å². The second-order valence-corrected chi connectivity index (χ2v) is 9.62. The molecule has 2 heterocycles. The minimum atomic E-state index is -0.542. The van der Waals surface area contributed by atoms with Gasteiger partial charge in [-0.3, -0.25) is 19.3 Å². The van der Waals surface area contributed by atoms with Crippen molar-refractivity contribution in [3.8, 4) is 0 Å². The largest absolute Gasteiger partial charge is 0.444 e. The molecule has 2 aliphatic heterocycles. The minimum absolute atomic E-state index is 0.0197. The molecule has 1 saturated heterocycles. The van der Waals surface area contributed by atoms with Gasteiger partial charge >= 0.3 is 6.09 Å². The maximum Gasteiger partial charge on any atom is 0.410 e. The van der Waals surface area contributed by atoms with Gasteiger partial charge in [-0.25, -0.2) is 4.79 Å². The summed E-state index contributed by atoms with van der Waals surface area (Å²) in [7, 11) is 1.72. The molecule has 1 aromatic carbocycles. The van der Waals surface area contributed by atoms with E-state index in [1.165, 1.54) is 4.90 Å². The minimum Gasteiger partial charge on any atom is -0.444 e. The summed E-state index contributed by atoms with van der Waals surface area (Å²) in [6.45, 7) is 7.56. The predicted octanol–water partition coefficient (Wildman–Crippen LogP) is 3.17. The highest BCUT2D eigenvalue weighted by Crippen LogP contribution is 2.23. The number of nitrogens with zero attached hydrogens (tertiary/aromatic N) is 3. The molecule has 0 bridgehead atoms. The van der Waals surface area contributed by atoms with Gasteiger partial charge in [0.25, 0.3) is 11.8 Å². The van der Waals surface area contributed by atoms with Crippen LogP contribution < -0.4 is 0 Å². The molecule has 0 aliphatic carbocycles. The van der Waals surface area contributed by atoms with Crippen LogP contribution in [0.1, 0.15) is 67.2 Å². The highest BCUT2D eigenvalue weighted by Gasteiger charge is 2.35. The average Bonchev–Trinajstić information content (AvgIpc) is 2.97. The molecule has 0 aromatic heterocycles. The first-order chi connectivity index (χ1) is 15.1. The number of fused-ring (bicyclic) bond motifs is 1. The molecule has 2 aliphatic rings. The lowest BCUT2D eigenvalue weighted by molar-refractivity contribution is -0.133. The molecule has 4 amide bonds. The van der Waals surface area contributed by atoms with Gasteiger partial charge in [-0.2, -0.15) is 0 Å². The van der Waals surface area contributed by atoms with Gasteiger partial charge in [0.1, 0.15) is 5.60 Å². The van der Waals surface area contributed by atoms with E-state index in [0.717, 1.165) is 12.8 Å². The van der Waals surface area contributed by atoms with Crippen LogP contribution in [-0.4, -0.2) is 77.3 Å². The number of ether oxygens (including phenoxy) is 1. The lowest BCUT2D eigenvalue weighted by Gasteiger charge is -2.35. The maximum absolute atomic E-state index is 12.7. The van der Waals surface area contributed by atoms with Crippen LogP contribution in [0.3, 0.4) is 0 Å². The average molecular weight is 444 g/mol. The van der Waals surface area contributed by atoms with Crippen molar-refractivity contribution in [2.75, 3.05) is 33.2 Å². The van der Waals surface area contributed by atoms with Gasteiger partial charge in [0, 0.05) is 39.6 Å². The highest BCUT2D eigenvalue weighted by molar-refractivity contribution is 6.21. The first-order valence-corrected chi connectivity index (χ1v) is 11.2. The van der Waals surface area contributed by atoms with Gasteiger partial charge in [0.05, 0.1) is 11.1 Å². The number of amides is 4. The molecule has 1 atom stereocenters. The third-order valence-electron chi connectivity index (χ3n) is 5.76. The third kappa shape index (κ3) is 5.66. The quantitative estimate of drug-likeness (QED) is 0.630. The monoisotopic (exact) mass is 443 g/mol. The molecule has 1 unspecified atom stereocenters. The Morgan fingerprint density at radius 3 is 2.34 bits per heavy atom. The Morgan fingerprint density at radius 1 is 1.12 bits per heavy atom. The van der Waals surface area contributed by atoms with E-state index >= 15 is 0 Å². The molecule has 0 N–H and O–H groups in total. The van der Waals surface area contributed by atoms with E-state index in [2.05, 4.69) is 0 Å². The van der Waals surface area contributed by atoms with Crippen molar-refractivity contribution < 1.29 is 23.9 Å². The zero-order valence-electron chi connectivity index (χ0n) is 19.4. The standard InChI is InChI=1S/C24H33N3O5/c1-24(2,3)32-23(31)25(4)15-17-9-7-13-26(16-17)20(28)12-8-14-27-21(29)18-10-5-6-11-19(18)22(27)30/h5-6,10-11,17H,7-9,12-16H2,1-4H3. The van der Waals surface area contributed by atoms with Crippen molar-refractivity contribution >= 4 is 23.8 Å². The summed E-state index contributed by atoms with van der Waals surface area (Å²) in [5, 5.41) is 0. The summed E-state index contributed by atoms with van der Waals surface area (Å²) in [4.78, 5) is 54.5. The normalized spacial score (nSPS) is 18.6. The van der Waals surface area contributed by atoms with E-state index in [1.807, 2.05) is 25.7 Å². The molecular weight excluding hydrogens is 410 g/mol. The molecule has 32 heavy (non-hydrogen) atoms. The number of rotatable bonds is 6. The molecule has 8 nitrogen and oxygen atoms in total. The van der Waals surface area contributed by atoms with E-state index in [-0.39, 0.29) is 42.7 Å². The predicted molar refractivity (Wildman–Crippen MR) is 119 cm³/mol. The number of imide groups is 1. The molecule has 3 rings (SSSR count). The summed E-state index contributed by atoms with van der Waals surface area (Å²) < 4.78 is 5.40. The SMILES string of the molecule is CN(CC1CCCN(C(=O)CCCN2C(=O)c3ccccc3C2=O)C1)C(=O)OC(C)(C)C. The number of benzene rings is 1. The fraction of sp³-hybridized carbons (Fsp3) is 0.583. The Morgan fingerprint density at radius 2 is 1.75 bits per heavy atom. The van der Waals surface area contributed by atoms with E-state index in [9.17, 15) is 19.2 Å². The lowest BCUT2D eigenvalue weighted by Crippen LogP contribution is -2.45. The van der Waals surface area contributed by atoms with Gasteiger partial charge in [-0.1, -0.05) is 12.1 Å². The number of piperidine rings is 1. The van der Waals surface area contributed by atoms with Gasteiger partial charge in [0.15, 0.2) is 0 Å². The van der Waals surface area contributed by atoms with E-state index in [0.29, 0.717) is 37.2 Å². The van der Waals surface area contributed by atoms with Crippen molar-refractivity contribution in [3.05, 3.63) is 35.4 Å². The number of hydrogen-bond acceptors (Lipinski definition) is 5. The molecule has 174 valence electrons. The van der Waals surface area contributed by atoms with Gasteiger partial charge in [-0.15, -0.1) is 0 Å². The van der Waals surface area contributed by atoms with Crippen molar-refractivity contribution in [1.82, 2.24) is 14.7 Å². The molecule has 0 spiro atoms. The lowest BCUT2D eigenvalue weighted by atomic mass is 9.97. The van der Waals surface area contributed by atoms with Crippen LogP contribution in [0.5, 0.6) is 0 Å². The highest BCUT2D eigenvalue weighted by atomic mass is 16.6. The van der Waals surface area contributed by atoms with Crippen LogP contribution in [0.4, 0.5) is 4.79 Å². The Kier molecular flexibility index (Phi) is 7.21. The van der Waals surface area contributed by atoms with Crippen molar-refractivity contribution in [1.29, 1.82) is 0 Å².